The van der Waals surface area contributed by atoms with Crippen LogP contribution >= 0.6 is 0 Å². The lowest BCUT2D eigenvalue weighted by atomic mass is 10.1. The summed E-state index contributed by atoms with van der Waals surface area (Å²) in [6.07, 6.45) is 1.50. The molecule has 0 bridgehead atoms. The molecule has 4 rings (SSSR count). The van der Waals surface area contributed by atoms with Crippen LogP contribution in [-0.2, 0) is 13.0 Å². The van der Waals surface area contributed by atoms with E-state index in [0.29, 0.717) is 13.0 Å². The van der Waals surface area contributed by atoms with Gasteiger partial charge in [-0.3, -0.25) is 4.90 Å². The van der Waals surface area contributed by atoms with E-state index < -0.39 is 17.7 Å². The number of carbonyl (C=O) groups is 1. The Bertz CT molecular complexity index is 991. The van der Waals surface area contributed by atoms with E-state index >= 15 is 0 Å². The highest BCUT2D eigenvalue weighted by Crippen LogP contribution is 2.39. The second-order valence-electron chi connectivity index (χ2n) is 6.86. The third-order valence-electron chi connectivity index (χ3n) is 5.09. The molecule has 3 aromatic carbocycles. The number of urea groups is 1. The Kier molecular flexibility index (Phi) is 5.06. The molecule has 1 aliphatic rings. The Morgan fingerprint density at radius 1 is 1.00 bits per heavy atom. The molecule has 1 atom stereocenters. The van der Waals surface area contributed by atoms with Gasteiger partial charge in [-0.1, -0.05) is 54.6 Å². The lowest BCUT2D eigenvalue weighted by molar-refractivity contribution is 0.243. The average molecular weight is 378 g/mol. The number of anilines is 1. The second kappa shape index (κ2) is 7.80. The Morgan fingerprint density at radius 2 is 1.75 bits per heavy atom. The van der Waals surface area contributed by atoms with Gasteiger partial charge in [0.1, 0.15) is 11.6 Å². The summed E-state index contributed by atoms with van der Waals surface area (Å²) in [6.45, 7) is 0.327. The first-order chi connectivity index (χ1) is 13.6. The fourth-order valence-electron chi connectivity index (χ4n) is 3.76. The summed E-state index contributed by atoms with van der Waals surface area (Å²) in [5.41, 5.74) is 3.17. The predicted octanol–water partition coefficient (Wildman–Crippen LogP) is 5.37. The van der Waals surface area contributed by atoms with Crippen molar-refractivity contribution in [2.45, 2.75) is 25.4 Å². The summed E-state index contributed by atoms with van der Waals surface area (Å²) >= 11 is 0. The largest absolute Gasteiger partial charge is 0.334 e. The van der Waals surface area contributed by atoms with Crippen molar-refractivity contribution in [1.82, 2.24) is 5.32 Å². The van der Waals surface area contributed by atoms with E-state index in [9.17, 15) is 13.6 Å². The van der Waals surface area contributed by atoms with Gasteiger partial charge in [0.05, 0.1) is 11.7 Å². The van der Waals surface area contributed by atoms with Crippen LogP contribution in [0.3, 0.4) is 0 Å². The summed E-state index contributed by atoms with van der Waals surface area (Å²) in [4.78, 5) is 14.5. The fraction of sp³-hybridized carbons (Fsp3) is 0.174. The van der Waals surface area contributed by atoms with Gasteiger partial charge in [-0.15, -0.1) is 0 Å². The highest BCUT2D eigenvalue weighted by atomic mass is 19.1. The molecular formula is C23H20F2N2O. The number of hydrogen-bond acceptors (Lipinski definition) is 1. The van der Waals surface area contributed by atoms with Crippen LogP contribution in [0, 0.1) is 11.6 Å². The minimum Gasteiger partial charge on any atom is -0.334 e. The first kappa shape index (κ1) is 18.2. The van der Waals surface area contributed by atoms with Crippen molar-refractivity contribution in [3.05, 3.63) is 101 Å². The van der Waals surface area contributed by atoms with Crippen LogP contribution in [0.25, 0.3) is 0 Å². The molecule has 0 heterocycles. The number of rotatable bonds is 4. The standard InChI is InChI=1S/C23H20F2N2O/c24-18-11-13-22(20(25)14-18)27(21-12-10-17-8-4-5-9-19(17)21)23(28)26-15-16-6-2-1-3-7-16/h1-9,11,13-14,21H,10,12,15H2,(H,26,28). The smallest absolute Gasteiger partial charge is 0.322 e. The molecule has 0 fully saturated rings. The SMILES string of the molecule is O=C(NCc1ccccc1)N(c1ccc(F)cc1F)C1CCc2ccccc21. The maximum Gasteiger partial charge on any atom is 0.322 e. The van der Waals surface area contributed by atoms with Gasteiger partial charge in [-0.25, -0.2) is 13.6 Å². The molecule has 0 spiro atoms. The lowest BCUT2D eigenvalue weighted by Crippen LogP contribution is -2.42. The van der Waals surface area contributed by atoms with Gasteiger partial charge in [-0.05, 0) is 41.7 Å². The van der Waals surface area contributed by atoms with Crippen molar-refractivity contribution < 1.29 is 13.6 Å². The van der Waals surface area contributed by atoms with Crippen LogP contribution in [0.4, 0.5) is 19.3 Å². The number of halogens is 2. The molecule has 1 aliphatic carbocycles. The number of benzene rings is 3. The molecule has 3 aromatic rings. The zero-order valence-corrected chi connectivity index (χ0v) is 15.2. The minimum atomic E-state index is -0.751. The number of aryl methyl sites for hydroxylation is 1. The van der Waals surface area contributed by atoms with Gasteiger partial charge in [-0.2, -0.15) is 0 Å². The van der Waals surface area contributed by atoms with E-state index in [1.54, 1.807) is 0 Å². The molecular weight excluding hydrogens is 358 g/mol. The molecule has 0 radical (unpaired) electrons. The summed E-state index contributed by atoms with van der Waals surface area (Å²) in [5, 5.41) is 2.87. The van der Waals surface area contributed by atoms with Crippen molar-refractivity contribution in [3.8, 4) is 0 Å². The van der Waals surface area contributed by atoms with Crippen LogP contribution in [0.15, 0.2) is 72.8 Å². The van der Waals surface area contributed by atoms with Gasteiger partial charge in [0.25, 0.3) is 0 Å². The molecule has 5 heteroatoms. The molecule has 0 aliphatic heterocycles. The zero-order chi connectivity index (χ0) is 19.5. The molecule has 2 amide bonds. The average Bonchev–Trinajstić information content (AvgIpc) is 3.13. The second-order valence-corrected chi connectivity index (χ2v) is 6.86. The van der Waals surface area contributed by atoms with Gasteiger partial charge in [0.2, 0.25) is 0 Å². The van der Waals surface area contributed by atoms with Crippen LogP contribution in [-0.4, -0.2) is 6.03 Å². The van der Waals surface area contributed by atoms with E-state index in [1.165, 1.54) is 17.0 Å². The number of carbonyl (C=O) groups excluding carboxylic acids is 1. The molecule has 1 N–H and O–H groups in total. The molecule has 0 aromatic heterocycles. The predicted molar refractivity (Wildman–Crippen MR) is 105 cm³/mol. The Morgan fingerprint density at radius 3 is 2.54 bits per heavy atom. The number of hydrogen-bond donors (Lipinski definition) is 1. The summed E-state index contributed by atoms with van der Waals surface area (Å²) in [7, 11) is 0. The summed E-state index contributed by atoms with van der Waals surface area (Å²) in [6, 6.07) is 20.0. The minimum absolute atomic E-state index is 0.0775. The van der Waals surface area contributed by atoms with Crippen LogP contribution < -0.4 is 10.2 Å². The molecule has 3 nitrogen and oxygen atoms in total. The highest BCUT2D eigenvalue weighted by Gasteiger charge is 2.33. The lowest BCUT2D eigenvalue weighted by Gasteiger charge is -2.30. The van der Waals surface area contributed by atoms with Crippen molar-refractivity contribution in [2.75, 3.05) is 4.90 Å². The zero-order valence-electron chi connectivity index (χ0n) is 15.2. The van der Waals surface area contributed by atoms with Gasteiger partial charge >= 0.3 is 6.03 Å². The Labute approximate surface area is 162 Å². The van der Waals surface area contributed by atoms with Crippen LogP contribution in [0.2, 0.25) is 0 Å². The van der Waals surface area contributed by atoms with E-state index in [4.69, 9.17) is 0 Å². The monoisotopic (exact) mass is 378 g/mol. The van der Waals surface area contributed by atoms with Crippen molar-refractivity contribution >= 4 is 11.7 Å². The molecule has 1 unspecified atom stereocenters. The van der Waals surface area contributed by atoms with Gasteiger partial charge in [0.15, 0.2) is 0 Å². The van der Waals surface area contributed by atoms with E-state index in [0.717, 1.165) is 29.2 Å². The molecule has 0 saturated carbocycles. The first-order valence-corrected chi connectivity index (χ1v) is 9.27. The maximum absolute atomic E-state index is 14.6. The Balaban J connectivity index is 1.67. The number of amides is 2. The van der Waals surface area contributed by atoms with Crippen molar-refractivity contribution in [1.29, 1.82) is 0 Å². The molecule has 28 heavy (non-hydrogen) atoms. The van der Waals surface area contributed by atoms with Gasteiger partial charge in [0, 0.05) is 12.6 Å². The first-order valence-electron chi connectivity index (χ1n) is 9.27. The highest BCUT2D eigenvalue weighted by molar-refractivity contribution is 5.93. The van der Waals surface area contributed by atoms with Crippen LogP contribution in [0.1, 0.15) is 29.2 Å². The third-order valence-corrected chi connectivity index (χ3v) is 5.09. The third kappa shape index (κ3) is 3.60. The van der Waals surface area contributed by atoms with Crippen molar-refractivity contribution in [2.24, 2.45) is 0 Å². The normalized spacial score (nSPS) is 15.1. The quantitative estimate of drug-likeness (QED) is 0.650. The molecule has 142 valence electrons. The summed E-state index contributed by atoms with van der Waals surface area (Å²) in [5.74, 6) is -1.42. The van der Waals surface area contributed by atoms with E-state index in [2.05, 4.69) is 5.32 Å². The number of nitrogens with one attached hydrogen (secondary N) is 1. The molecule has 0 saturated heterocycles. The van der Waals surface area contributed by atoms with Crippen molar-refractivity contribution in [3.63, 3.8) is 0 Å². The topological polar surface area (TPSA) is 32.3 Å². The Hall–Kier alpha value is -3.21. The maximum atomic E-state index is 14.6. The van der Waals surface area contributed by atoms with Gasteiger partial charge < -0.3 is 5.32 Å². The number of nitrogens with zero attached hydrogens (tertiary/aromatic N) is 1. The summed E-state index contributed by atoms with van der Waals surface area (Å²) < 4.78 is 28.0. The van der Waals surface area contributed by atoms with Crippen LogP contribution in [0.5, 0.6) is 0 Å². The van der Waals surface area contributed by atoms with E-state index in [-0.39, 0.29) is 11.7 Å². The fourth-order valence-corrected chi connectivity index (χ4v) is 3.76. The van der Waals surface area contributed by atoms with E-state index in [1.807, 2.05) is 54.6 Å². The number of fused-ring (bicyclic) bond motifs is 1.